The Morgan fingerprint density at radius 1 is 0.642 bits per heavy atom. The van der Waals surface area contributed by atoms with Gasteiger partial charge < -0.3 is 15.7 Å². The third-order valence-corrected chi connectivity index (χ3v) is 7.99. The van der Waals surface area contributed by atoms with Crippen molar-refractivity contribution >= 4 is 22.7 Å². The van der Waals surface area contributed by atoms with E-state index in [0.717, 1.165) is 11.1 Å². The van der Waals surface area contributed by atoms with E-state index in [1.54, 1.807) is 55.5 Å². The van der Waals surface area contributed by atoms with Gasteiger partial charge in [-0.1, -0.05) is 42.5 Å². The van der Waals surface area contributed by atoms with E-state index in [2.05, 4.69) is 26.9 Å². The van der Waals surface area contributed by atoms with E-state index in [1.807, 2.05) is 49.4 Å². The third kappa shape index (κ3) is 8.33. The molecule has 2 heterocycles. The lowest BCUT2D eigenvalue weighted by atomic mass is 10.1. The fraction of sp³-hybridized carbons (Fsp3) is 0.125. The molecule has 0 aliphatic carbocycles. The average molecular weight is 706 g/mol. The molecule has 0 atom stereocenters. The molecule has 262 valence electrons. The van der Waals surface area contributed by atoms with Crippen molar-refractivity contribution in [3.05, 3.63) is 152 Å². The highest BCUT2D eigenvalue weighted by molar-refractivity contribution is 5.78. The van der Waals surface area contributed by atoms with Crippen LogP contribution in [0.4, 0.5) is 27.1 Å². The Morgan fingerprint density at radius 2 is 1.09 bits per heavy atom. The highest BCUT2D eigenvalue weighted by atomic mass is 19.1. The van der Waals surface area contributed by atoms with E-state index < -0.39 is 11.4 Å². The SMILES string of the molecule is CCn1nc(-c2ccc(F)cc2)c(C#N)c(Nc2ccc(CO)cc2)c1=O.CCn1nc(-c2ccccc2)c(C#N)c(Nc2ccc(C#N)cc2)c1=O. The largest absolute Gasteiger partial charge is 0.392 e. The second kappa shape index (κ2) is 17.0. The Bertz CT molecular complexity index is 2480. The van der Waals surface area contributed by atoms with E-state index in [1.165, 1.54) is 33.6 Å². The van der Waals surface area contributed by atoms with Crippen molar-refractivity contribution in [2.45, 2.75) is 33.5 Å². The summed E-state index contributed by atoms with van der Waals surface area (Å²) < 4.78 is 15.8. The Balaban J connectivity index is 0.000000204. The summed E-state index contributed by atoms with van der Waals surface area (Å²) in [7, 11) is 0. The molecule has 6 aromatic rings. The lowest BCUT2D eigenvalue weighted by molar-refractivity contribution is 0.282. The van der Waals surface area contributed by atoms with Crippen LogP contribution in [0.2, 0.25) is 0 Å². The van der Waals surface area contributed by atoms with Gasteiger partial charge in [-0.2, -0.15) is 26.0 Å². The van der Waals surface area contributed by atoms with Gasteiger partial charge in [-0.15, -0.1) is 0 Å². The Kier molecular flexibility index (Phi) is 11.8. The molecule has 4 aromatic carbocycles. The van der Waals surface area contributed by atoms with Gasteiger partial charge in [0, 0.05) is 35.6 Å². The molecular weight excluding hydrogens is 673 g/mol. The van der Waals surface area contributed by atoms with Crippen LogP contribution in [-0.4, -0.2) is 24.7 Å². The van der Waals surface area contributed by atoms with Crippen LogP contribution in [0.1, 0.15) is 36.1 Å². The standard InChI is InChI=1S/C20H17FN4O2.C20H15N5O/c1-2-25-20(27)19(23-16-9-3-13(12-26)4-10-16)17(11-22)18(24-25)14-5-7-15(21)8-6-14;1-2-25-20(26)19(23-16-10-8-14(12-21)9-11-16)17(13-22)18(24-25)15-6-4-3-5-7-15/h3-10,23,26H,2,12H2,1H3;3-11,23H,2H2,1H3. The van der Waals surface area contributed by atoms with Crippen molar-refractivity contribution in [2.24, 2.45) is 0 Å². The Morgan fingerprint density at radius 3 is 1.51 bits per heavy atom. The smallest absolute Gasteiger partial charge is 0.291 e. The monoisotopic (exact) mass is 705 g/mol. The van der Waals surface area contributed by atoms with Crippen LogP contribution < -0.4 is 21.8 Å². The quantitative estimate of drug-likeness (QED) is 0.148. The molecule has 2 aromatic heterocycles. The van der Waals surface area contributed by atoms with Crippen LogP contribution in [-0.2, 0) is 19.7 Å². The molecule has 12 nitrogen and oxygen atoms in total. The Labute approximate surface area is 303 Å². The summed E-state index contributed by atoms with van der Waals surface area (Å²) >= 11 is 0. The third-order valence-electron chi connectivity index (χ3n) is 7.99. The van der Waals surface area contributed by atoms with Gasteiger partial charge in [0.15, 0.2) is 0 Å². The van der Waals surface area contributed by atoms with Crippen molar-refractivity contribution < 1.29 is 9.50 Å². The molecule has 0 spiro atoms. The summed E-state index contributed by atoms with van der Waals surface area (Å²) in [5, 5.41) is 52.1. The second-order valence-corrected chi connectivity index (χ2v) is 11.3. The number of nitrogens with one attached hydrogen (secondary N) is 2. The van der Waals surface area contributed by atoms with E-state index >= 15 is 0 Å². The number of aryl methyl sites for hydroxylation is 2. The van der Waals surface area contributed by atoms with Gasteiger partial charge in [0.1, 0.15) is 51.8 Å². The maximum absolute atomic E-state index is 13.3. The molecule has 0 saturated heterocycles. The van der Waals surface area contributed by atoms with Crippen LogP contribution in [0.5, 0.6) is 0 Å². The van der Waals surface area contributed by atoms with E-state index in [0.29, 0.717) is 47.0 Å². The summed E-state index contributed by atoms with van der Waals surface area (Å²) in [6.07, 6.45) is 0. The minimum absolute atomic E-state index is 0.0857. The van der Waals surface area contributed by atoms with Crippen molar-refractivity contribution in [3.8, 4) is 40.7 Å². The van der Waals surface area contributed by atoms with Gasteiger partial charge in [-0.25, -0.2) is 13.8 Å². The summed E-state index contributed by atoms with van der Waals surface area (Å²) in [5.74, 6) is -0.400. The molecule has 0 saturated carbocycles. The van der Waals surface area contributed by atoms with Crippen LogP contribution >= 0.6 is 0 Å². The molecule has 3 N–H and O–H groups in total. The first-order valence-electron chi connectivity index (χ1n) is 16.4. The number of anilines is 4. The second-order valence-electron chi connectivity index (χ2n) is 11.3. The topological polar surface area (TPSA) is 185 Å². The zero-order valence-electron chi connectivity index (χ0n) is 28.7. The van der Waals surface area contributed by atoms with Gasteiger partial charge >= 0.3 is 0 Å². The fourth-order valence-electron chi connectivity index (χ4n) is 5.24. The molecule has 0 radical (unpaired) electrons. The molecule has 0 bridgehead atoms. The van der Waals surface area contributed by atoms with Crippen molar-refractivity contribution in [2.75, 3.05) is 10.6 Å². The van der Waals surface area contributed by atoms with Crippen LogP contribution in [0.25, 0.3) is 22.5 Å². The summed E-state index contributed by atoms with van der Waals surface area (Å²) in [6.45, 7) is 4.20. The van der Waals surface area contributed by atoms with Gasteiger partial charge in [0.2, 0.25) is 0 Å². The number of aromatic nitrogens is 4. The molecule has 0 aliphatic rings. The normalized spacial score (nSPS) is 10.2. The van der Waals surface area contributed by atoms with Gasteiger partial charge in [0.25, 0.3) is 11.1 Å². The van der Waals surface area contributed by atoms with Crippen LogP contribution in [0, 0.1) is 39.8 Å². The molecule has 6 rings (SSSR count). The zero-order valence-corrected chi connectivity index (χ0v) is 28.7. The number of hydrogen-bond acceptors (Lipinski definition) is 10. The Hall–Kier alpha value is -7.40. The maximum atomic E-state index is 13.3. The minimum Gasteiger partial charge on any atom is -0.392 e. The summed E-state index contributed by atoms with van der Waals surface area (Å²) in [6, 6.07) is 34.6. The number of rotatable bonds is 9. The van der Waals surface area contributed by atoms with Gasteiger partial charge in [-0.05, 0) is 80.1 Å². The highest BCUT2D eigenvalue weighted by Crippen LogP contribution is 2.28. The number of aliphatic hydroxyl groups is 1. The van der Waals surface area contributed by atoms with E-state index in [-0.39, 0.29) is 34.7 Å². The summed E-state index contributed by atoms with van der Waals surface area (Å²) in [5.41, 5.74) is 4.26. The minimum atomic E-state index is -0.425. The number of benzene rings is 4. The first-order valence-corrected chi connectivity index (χ1v) is 16.4. The first-order chi connectivity index (χ1) is 25.7. The highest BCUT2D eigenvalue weighted by Gasteiger charge is 2.20. The van der Waals surface area contributed by atoms with Crippen LogP contribution in [0.3, 0.4) is 0 Å². The van der Waals surface area contributed by atoms with Gasteiger partial charge in [-0.3, -0.25) is 9.59 Å². The van der Waals surface area contributed by atoms with Crippen LogP contribution in [0.15, 0.2) is 113 Å². The molecule has 0 fully saturated rings. The van der Waals surface area contributed by atoms with E-state index in [4.69, 9.17) is 10.4 Å². The first kappa shape index (κ1) is 36.9. The predicted octanol–water partition coefficient (Wildman–Crippen LogP) is 6.59. The molecular formula is C40H32FN9O3. The predicted molar refractivity (Wildman–Crippen MR) is 199 cm³/mol. The molecule has 0 unspecified atom stereocenters. The van der Waals surface area contributed by atoms with Crippen molar-refractivity contribution in [1.82, 2.24) is 19.6 Å². The molecule has 0 aliphatic heterocycles. The number of hydrogen-bond donors (Lipinski definition) is 3. The average Bonchev–Trinajstić information content (AvgIpc) is 3.20. The number of halogens is 1. The number of nitriles is 3. The molecule has 0 amide bonds. The summed E-state index contributed by atoms with van der Waals surface area (Å²) in [4.78, 5) is 25.5. The van der Waals surface area contributed by atoms with Crippen molar-refractivity contribution in [1.29, 1.82) is 15.8 Å². The molecule has 13 heteroatoms. The fourth-order valence-corrected chi connectivity index (χ4v) is 5.24. The van der Waals surface area contributed by atoms with Gasteiger partial charge in [0.05, 0.1) is 18.2 Å². The lowest BCUT2D eigenvalue weighted by Gasteiger charge is -2.14. The maximum Gasteiger partial charge on any atom is 0.291 e. The number of aliphatic hydroxyl groups excluding tert-OH is 1. The van der Waals surface area contributed by atoms with Crippen molar-refractivity contribution in [3.63, 3.8) is 0 Å². The lowest BCUT2D eigenvalue weighted by Crippen LogP contribution is -2.26. The molecule has 53 heavy (non-hydrogen) atoms. The number of nitrogens with zero attached hydrogens (tertiary/aromatic N) is 7. The zero-order chi connectivity index (χ0) is 37.9. The van der Waals surface area contributed by atoms with E-state index in [9.17, 15) is 24.5 Å².